The van der Waals surface area contributed by atoms with E-state index in [1.807, 2.05) is 30.3 Å². The van der Waals surface area contributed by atoms with Crippen molar-refractivity contribution in [3.05, 3.63) is 99.5 Å². The molecule has 180 valence electrons. The molecule has 0 spiro atoms. The van der Waals surface area contributed by atoms with Crippen LogP contribution in [-0.2, 0) is 27.5 Å². The second kappa shape index (κ2) is 11.3. The van der Waals surface area contributed by atoms with Gasteiger partial charge in [-0.25, -0.2) is 4.79 Å². The van der Waals surface area contributed by atoms with Crippen molar-refractivity contribution in [3.8, 4) is 5.75 Å². The number of carboxylic acid groups (broad SMARTS) is 1. The number of benzene rings is 3. The van der Waals surface area contributed by atoms with Gasteiger partial charge in [0.05, 0.1) is 5.71 Å². The zero-order valence-electron chi connectivity index (χ0n) is 18.5. The van der Waals surface area contributed by atoms with Crippen LogP contribution in [0.4, 0.5) is 0 Å². The first-order valence-corrected chi connectivity index (χ1v) is 11.6. The SMILES string of the molecule is O=C(O)C(Cc1ccc(OCc2c(Cl)cccc2Cl)cc1)NC(=O)C1CC(c2ccccc2)=NO1. The number of aliphatic carboxylic acids is 1. The number of halogens is 2. The highest BCUT2D eigenvalue weighted by molar-refractivity contribution is 6.35. The van der Waals surface area contributed by atoms with Crippen molar-refractivity contribution in [1.82, 2.24) is 5.32 Å². The summed E-state index contributed by atoms with van der Waals surface area (Å²) in [5.74, 6) is -1.09. The monoisotopic (exact) mass is 512 g/mol. The Morgan fingerprint density at radius 1 is 1.03 bits per heavy atom. The van der Waals surface area contributed by atoms with Crippen LogP contribution in [0.3, 0.4) is 0 Å². The summed E-state index contributed by atoms with van der Waals surface area (Å²) in [6.07, 6.45) is -0.514. The van der Waals surface area contributed by atoms with E-state index in [0.29, 0.717) is 27.1 Å². The third-order valence-electron chi connectivity index (χ3n) is 5.49. The Bertz CT molecular complexity index is 1210. The van der Waals surface area contributed by atoms with Gasteiger partial charge < -0.3 is 20.0 Å². The van der Waals surface area contributed by atoms with Gasteiger partial charge in [0.2, 0.25) is 6.10 Å². The minimum absolute atomic E-state index is 0.0941. The molecule has 0 saturated carbocycles. The highest BCUT2D eigenvalue weighted by atomic mass is 35.5. The first-order chi connectivity index (χ1) is 16.9. The molecule has 3 aromatic carbocycles. The smallest absolute Gasteiger partial charge is 0.326 e. The molecule has 1 aliphatic heterocycles. The maximum absolute atomic E-state index is 12.6. The predicted octanol–water partition coefficient (Wildman–Crippen LogP) is 4.88. The van der Waals surface area contributed by atoms with Crippen molar-refractivity contribution in [3.63, 3.8) is 0 Å². The van der Waals surface area contributed by atoms with Crippen LogP contribution in [0.15, 0.2) is 78.0 Å². The molecule has 2 N–H and O–H groups in total. The fourth-order valence-corrected chi connectivity index (χ4v) is 4.07. The topological polar surface area (TPSA) is 97.2 Å². The fourth-order valence-electron chi connectivity index (χ4n) is 3.57. The van der Waals surface area contributed by atoms with Gasteiger partial charge in [-0.1, -0.05) is 76.9 Å². The van der Waals surface area contributed by atoms with Crippen molar-refractivity contribution < 1.29 is 24.3 Å². The lowest BCUT2D eigenvalue weighted by Crippen LogP contribution is -2.46. The predicted molar refractivity (Wildman–Crippen MR) is 133 cm³/mol. The molecule has 0 aromatic heterocycles. The van der Waals surface area contributed by atoms with Crippen molar-refractivity contribution in [2.24, 2.45) is 5.16 Å². The number of carbonyl (C=O) groups is 2. The largest absolute Gasteiger partial charge is 0.489 e. The number of carboxylic acids is 1. The molecule has 9 heteroatoms. The Hall–Kier alpha value is -3.55. The van der Waals surface area contributed by atoms with Crippen LogP contribution < -0.4 is 10.1 Å². The van der Waals surface area contributed by atoms with E-state index in [2.05, 4.69) is 10.5 Å². The summed E-state index contributed by atoms with van der Waals surface area (Å²) in [6, 6.07) is 20.4. The molecule has 1 amide bonds. The number of oxime groups is 1. The Balaban J connectivity index is 1.32. The molecule has 0 aliphatic carbocycles. The van der Waals surface area contributed by atoms with E-state index in [1.54, 1.807) is 42.5 Å². The lowest BCUT2D eigenvalue weighted by atomic mass is 10.0. The van der Waals surface area contributed by atoms with Gasteiger partial charge in [-0.05, 0) is 35.4 Å². The average Bonchev–Trinajstić information content (AvgIpc) is 3.35. The van der Waals surface area contributed by atoms with Crippen LogP contribution in [-0.4, -0.2) is 34.8 Å². The number of rotatable bonds is 9. The van der Waals surface area contributed by atoms with E-state index in [4.69, 9.17) is 32.8 Å². The molecule has 1 heterocycles. The molecule has 0 bridgehead atoms. The van der Waals surface area contributed by atoms with Gasteiger partial charge in [-0.3, -0.25) is 4.79 Å². The Morgan fingerprint density at radius 3 is 2.37 bits per heavy atom. The van der Waals surface area contributed by atoms with Crippen LogP contribution in [0.25, 0.3) is 0 Å². The van der Waals surface area contributed by atoms with Gasteiger partial charge in [-0.15, -0.1) is 0 Å². The number of hydrogen-bond donors (Lipinski definition) is 2. The summed E-state index contributed by atoms with van der Waals surface area (Å²) in [7, 11) is 0. The molecule has 35 heavy (non-hydrogen) atoms. The van der Waals surface area contributed by atoms with E-state index in [0.717, 1.165) is 11.1 Å². The van der Waals surface area contributed by atoms with Gasteiger partial charge in [0, 0.05) is 28.5 Å². The van der Waals surface area contributed by atoms with Crippen molar-refractivity contribution in [1.29, 1.82) is 0 Å². The van der Waals surface area contributed by atoms with Crippen molar-refractivity contribution in [2.45, 2.75) is 31.6 Å². The molecular formula is C26H22Cl2N2O5. The van der Waals surface area contributed by atoms with Crippen LogP contribution in [0, 0.1) is 0 Å². The molecular weight excluding hydrogens is 491 g/mol. The van der Waals surface area contributed by atoms with Crippen molar-refractivity contribution >= 4 is 40.8 Å². The van der Waals surface area contributed by atoms with Gasteiger partial charge in [-0.2, -0.15) is 0 Å². The second-order valence-electron chi connectivity index (χ2n) is 7.94. The lowest BCUT2D eigenvalue weighted by molar-refractivity contribution is -0.143. The van der Waals surface area contributed by atoms with Crippen LogP contribution in [0.1, 0.15) is 23.1 Å². The summed E-state index contributed by atoms with van der Waals surface area (Å²) >= 11 is 12.3. The van der Waals surface area contributed by atoms with E-state index in [1.165, 1.54) is 0 Å². The highest BCUT2D eigenvalue weighted by Gasteiger charge is 2.32. The summed E-state index contributed by atoms with van der Waals surface area (Å²) in [5.41, 5.74) is 2.90. The van der Waals surface area contributed by atoms with Crippen LogP contribution >= 0.6 is 23.2 Å². The van der Waals surface area contributed by atoms with Gasteiger partial charge in [0.15, 0.2) is 0 Å². The van der Waals surface area contributed by atoms with E-state index in [9.17, 15) is 14.7 Å². The Labute approximate surface area is 212 Å². The van der Waals surface area contributed by atoms with Gasteiger partial charge in [0.25, 0.3) is 5.91 Å². The molecule has 7 nitrogen and oxygen atoms in total. The molecule has 4 rings (SSSR count). The second-order valence-corrected chi connectivity index (χ2v) is 8.75. The average molecular weight is 513 g/mol. The Morgan fingerprint density at radius 2 is 1.71 bits per heavy atom. The van der Waals surface area contributed by atoms with E-state index >= 15 is 0 Å². The molecule has 0 radical (unpaired) electrons. The molecule has 1 aliphatic rings. The summed E-state index contributed by atoms with van der Waals surface area (Å²) in [5, 5.41) is 17.2. The van der Waals surface area contributed by atoms with Crippen LogP contribution in [0.2, 0.25) is 10.0 Å². The van der Waals surface area contributed by atoms with E-state index < -0.39 is 24.0 Å². The zero-order chi connectivity index (χ0) is 24.8. The number of nitrogens with one attached hydrogen (secondary N) is 1. The standard InChI is InChI=1S/C26H22Cl2N2O5/c27-20-7-4-8-21(28)19(20)15-34-18-11-9-16(10-12-18)13-23(26(32)33)29-25(31)24-14-22(30-35-24)17-5-2-1-3-6-17/h1-12,23-24H,13-15H2,(H,29,31)(H,32,33). The molecule has 2 atom stereocenters. The summed E-state index contributed by atoms with van der Waals surface area (Å²) in [4.78, 5) is 29.7. The summed E-state index contributed by atoms with van der Waals surface area (Å²) < 4.78 is 5.76. The molecule has 3 aromatic rings. The third-order valence-corrected chi connectivity index (χ3v) is 6.20. The number of carbonyl (C=O) groups excluding carboxylic acids is 1. The number of amides is 1. The van der Waals surface area contributed by atoms with Gasteiger partial charge >= 0.3 is 5.97 Å². The first-order valence-electron chi connectivity index (χ1n) is 10.9. The number of nitrogens with zero attached hydrogens (tertiary/aromatic N) is 1. The Kier molecular flexibility index (Phi) is 7.90. The third kappa shape index (κ3) is 6.32. The van der Waals surface area contributed by atoms with Gasteiger partial charge in [0.1, 0.15) is 18.4 Å². The quantitative estimate of drug-likeness (QED) is 0.425. The molecule has 2 unspecified atom stereocenters. The highest BCUT2D eigenvalue weighted by Crippen LogP contribution is 2.26. The minimum Gasteiger partial charge on any atom is -0.489 e. The van der Waals surface area contributed by atoms with Crippen molar-refractivity contribution in [2.75, 3.05) is 0 Å². The normalized spacial score (nSPS) is 15.6. The molecule has 0 fully saturated rings. The number of hydrogen-bond acceptors (Lipinski definition) is 5. The molecule has 0 saturated heterocycles. The van der Waals surface area contributed by atoms with Crippen LogP contribution in [0.5, 0.6) is 5.75 Å². The summed E-state index contributed by atoms with van der Waals surface area (Å²) in [6.45, 7) is 0.195. The maximum Gasteiger partial charge on any atom is 0.326 e. The fraction of sp³-hybridized carbons (Fsp3) is 0.192. The lowest BCUT2D eigenvalue weighted by Gasteiger charge is -2.17. The zero-order valence-corrected chi connectivity index (χ0v) is 20.0. The maximum atomic E-state index is 12.6. The first kappa shape index (κ1) is 24.6. The number of ether oxygens (including phenoxy) is 1. The minimum atomic E-state index is -1.14. The van der Waals surface area contributed by atoms with E-state index in [-0.39, 0.29) is 19.4 Å².